The molecule has 0 radical (unpaired) electrons. The second-order valence-corrected chi connectivity index (χ2v) is 12.2. The van der Waals surface area contributed by atoms with E-state index in [1.165, 1.54) is 36.1 Å². The Morgan fingerprint density at radius 1 is 1.00 bits per heavy atom. The average molecular weight is 503 g/mol. The number of ether oxygens (including phenoxy) is 2. The Morgan fingerprint density at radius 3 is 2.68 bits per heavy atom. The number of unbranched alkanes of at least 4 members (excludes halogenated alkanes) is 1. The summed E-state index contributed by atoms with van der Waals surface area (Å²) < 4.78 is 13.7. The van der Waals surface area contributed by atoms with E-state index >= 15 is 0 Å². The zero-order chi connectivity index (χ0) is 25.3. The van der Waals surface area contributed by atoms with E-state index in [-0.39, 0.29) is 11.0 Å². The zero-order valence-electron chi connectivity index (χ0n) is 22.6. The Hall–Kier alpha value is -2.17. The van der Waals surface area contributed by atoms with Gasteiger partial charge in [0.2, 0.25) is 0 Å². The maximum atomic E-state index is 13.2. The highest BCUT2D eigenvalue weighted by Gasteiger charge is 2.69. The van der Waals surface area contributed by atoms with Crippen LogP contribution in [-0.4, -0.2) is 43.7 Å². The molecule has 1 heterocycles. The molecule has 0 aromatic heterocycles. The molecule has 2 aromatic carbocycles. The van der Waals surface area contributed by atoms with Crippen LogP contribution in [0.5, 0.6) is 5.75 Å². The molecule has 2 unspecified atom stereocenters. The van der Waals surface area contributed by atoms with E-state index < -0.39 is 0 Å². The molecule has 1 saturated heterocycles. The first kappa shape index (κ1) is 25.1. The van der Waals surface area contributed by atoms with Crippen LogP contribution < -0.4 is 9.64 Å². The fourth-order valence-corrected chi connectivity index (χ4v) is 7.94. The van der Waals surface area contributed by atoms with Crippen molar-refractivity contribution < 1.29 is 19.2 Å². The molecule has 3 fully saturated rings. The maximum Gasteiger partial charge on any atom is 0.134 e. The van der Waals surface area contributed by atoms with Crippen molar-refractivity contribution in [2.24, 2.45) is 5.92 Å². The number of hydrogen-bond acceptors (Lipinski definition) is 3. The molecule has 1 N–H and O–H groups in total. The average Bonchev–Trinajstić information content (AvgIpc) is 3.73. The Balaban J connectivity index is 1.36. The highest BCUT2D eigenvalue weighted by molar-refractivity contribution is 5.82. The molecule has 4 atom stereocenters. The molecule has 1 aliphatic heterocycles. The van der Waals surface area contributed by atoms with Crippen molar-refractivity contribution in [1.82, 2.24) is 0 Å². The number of ketones is 1. The van der Waals surface area contributed by atoms with Crippen molar-refractivity contribution in [2.45, 2.75) is 94.6 Å². The number of carbonyl (C=O) groups excluding carboxylic acids is 1. The van der Waals surface area contributed by atoms with E-state index in [1.807, 2.05) is 0 Å². The minimum Gasteiger partial charge on any atom is -0.493 e. The number of quaternary nitrogens is 1. The third kappa shape index (κ3) is 4.65. The van der Waals surface area contributed by atoms with Crippen LogP contribution in [0.2, 0.25) is 0 Å². The van der Waals surface area contributed by atoms with Gasteiger partial charge in [-0.2, -0.15) is 0 Å². The lowest BCUT2D eigenvalue weighted by Crippen LogP contribution is -3.21. The maximum absolute atomic E-state index is 13.2. The zero-order valence-corrected chi connectivity index (χ0v) is 22.6. The van der Waals surface area contributed by atoms with Gasteiger partial charge < -0.3 is 14.4 Å². The molecule has 6 rings (SSSR count). The summed E-state index contributed by atoms with van der Waals surface area (Å²) in [4.78, 5) is 15.0. The van der Waals surface area contributed by atoms with Crippen LogP contribution in [0.3, 0.4) is 0 Å². The van der Waals surface area contributed by atoms with Crippen molar-refractivity contribution in [3.8, 4) is 5.75 Å². The van der Waals surface area contributed by atoms with E-state index in [2.05, 4.69) is 55.5 Å². The predicted octanol–water partition coefficient (Wildman–Crippen LogP) is 4.87. The summed E-state index contributed by atoms with van der Waals surface area (Å²) in [5.41, 5.74) is 3.56. The van der Waals surface area contributed by atoms with Crippen LogP contribution in [0.15, 0.2) is 48.5 Å². The van der Waals surface area contributed by atoms with Crippen LogP contribution in [-0.2, 0) is 27.8 Å². The lowest BCUT2D eigenvalue weighted by Gasteiger charge is -2.63. The molecular weight excluding hydrogens is 458 g/mol. The first-order valence-corrected chi connectivity index (χ1v) is 14.9. The van der Waals surface area contributed by atoms with Gasteiger partial charge in [0.05, 0.1) is 19.7 Å². The lowest BCUT2D eigenvalue weighted by molar-refractivity contribution is -0.944. The van der Waals surface area contributed by atoms with Crippen LogP contribution in [0.4, 0.5) is 0 Å². The molecule has 4 heteroatoms. The second kappa shape index (κ2) is 10.5. The Kier molecular flexibility index (Phi) is 7.15. The van der Waals surface area contributed by atoms with Gasteiger partial charge in [-0.15, -0.1) is 0 Å². The number of likely N-dealkylation sites (tertiary alicyclic amines) is 1. The van der Waals surface area contributed by atoms with Gasteiger partial charge in [-0.3, -0.25) is 4.79 Å². The monoisotopic (exact) mass is 502 g/mol. The third-order valence-electron chi connectivity index (χ3n) is 9.84. The molecule has 198 valence electrons. The SMILES string of the molecule is CCCCOc1cccc2c1[C@]13CC[NH+](CC4CC4)C(C2)[C@]1(OCCCc1ccccc1)CCC(=O)C3. The highest BCUT2D eigenvalue weighted by Crippen LogP contribution is 2.58. The number of hydrogen-bond donors (Lipinski definition) is 1. The number of Topliss-reactive ketones (excluding diaryl/α,β-unsaturated/α-hetero) is 1. The van der Waals surface area contributed by atoms with Gasteiger partial charge in [0.25, 0.3) is 0 Å². The number of carbonyl (C=O) groups is 1. The number of rotatable bonds is 11. The van der Waals surface area contributed by atoms with E-state index in [1.54, 1.807) is 4.90 Å². The fourth-order valence-electron chi connectivity index (χ4n) is 7.94. The molecule has 4 aliphatic rings. The molecule has 37 heavy (non-hydrogen) atoms. The van der Waals surface area contributed by atoms with E-state index in [4.69, 9.17) is 9.47 Å². The topological polar surface area (TPSA) is 40.0 Å². The molecule has 0 amide bonds. The van der Waals surface area contributed by atoms with E-state index in [0.29, 0.717) is 24.7 Å². The van der Waals surface area contributed by atoms with E-state index in [0.717, 1.165) is 76.4 Å². The Morgan fingerprint density at radius 2 is 1.86 bits per heavy atom. The Labute approximate surface area is 222 Å². The number of aryl methyl sites for hydroxylation is 1. The van der Waals surface area contributed by atoms with Gasteiger partial charge in [-0.05, 0) is 55.7 Å². The summed E-state index contributed by atoms with van der Waals surface area (Å²) in [6.07, 6.45) is 11.2. The van der Waals surface area contributed by atoms with Crippen LogP contribution in [0.1, 0.15) is 81.4 Å². The van der Waals surface area contributed by atoms with Gasteiger partial charge in [0.1, 0.15) is 23.2 Å². The van der Waals surface area contributed by atoms with Gasteiger partial charge in [-0.1, -0.05) is 55.8 Å². The number of nitrogens with one attached hydrogen (secondary N) is 1. The second-order valence-electron chi connectivity index (χ2n) is 12.2. The summed E-state index contributed by atoms with van der Waals surface area (Å²) in [7, 11) is 0. The fraction of sp³-hybridized carbons (Fsp3) is 0.606. The summed E-state index contributed by atoms with van der Waals surface area (Å²) in [5, 5.41) is 0. The summed E-state index contributed by atoms with van der Waals surface area (Å²) >= 11 is 0. The lowest BCUT2D eigenvalue weighted by atomic mass is 9.49. The van der Waals surface area contributed by atoms with Crippen molar-refractivity contribution in [3.63, 3.8) is 0 Å². The first-order chi connectivity index (χ1) is 18.1. The predicted molar refractivity (Wildman–Crippen MR) is 146 cm³/mol. The molecule has 2 aromatic rings. The number of benzene rings is 2. The summed E-state index contributed by atoms with van der Waals surface area (Å²) in [6, 6.07) is 17.8. The minimum absolute atomic E-state index is 0.261. The van der Waals surface area contributed by atoms with Crippen molar-refractivity contribution in [3.05, 3.63) is 65.2 Å². The smallest absolute Gasteiger partial charge is 0.134 e. The van der Waals surface area contributed by atoms with Gasteiger partial charge in [0, 0.05) is 49.2 Å². The first-order valence-electron chi connectivity index (χ1n) is 14.9. The van der Waals surface area contributed by atoms with Crippen molar-refractivity contribution >= 4 is 5.78 Å². The molecule has 3 aliphatic carbocycles. The molecule has 4 nitrogen and oxygen atoms in total. The molecule has 2 saturated carbocycles. The normalized spacial score (nSPS) is 30.5. The highest BCUT2D eigenvalue weighted by atomic mass is 16.5. The third-order valence-corrected chi connectivity index (χ3v) is 9.84. The molecule has 2 bridgehead atoms. The van der Waals surface area contributed by atoms with Crippen molar-refractivity contribution in [2.75, 3.05) is 26.3 Å². The van der Waals surface area contributed by atoms with Crippen LogP contribution >= 0.6 is 0 Å². The summed E-state index contributed by atoms with van der Waals surface area (Å²) in [5.74, 6) is 2.30. The summed E-state index contributed by atoms with van der Waals surface area (Å²) in [6.45, 7) is 6.12. The van der Waals surface area contributed by atoms with Crippen LogP contribution in [0.25, 0.3) is 0 Å². The Bertz CT molecular complexity index is 1100. The standard InChI is InChI=1S/C33H43NO3/c1-2-3-20-36-29-13-7-12-27-22-30-33(37-21-8-11-25-9-5-4-6-10-25)17-16-28(35)23-32(33,31(27)29)18-19-34(30)24-26-14-15-26/h4-7,9-10,12-13,26,30H,2-3,8,11,14-24H2,1H3/p+1/t30?,32-,33-/m1/s1. The molecular formula is C33H44NO3+. The number of piperidine rings is 1. The number of fused-ring (bicyclic) bond motifs is 1. The van der Waals surface area contributed by atoms with E-state index in [9.17, 15) is 4.79 Å². The molecule has 0 spiro atoms. The van der Waals surface area contributed by atoms with Gasteiger partial charge in [0.15, 0.2) is 0 Å². The quantitative estimate of drug-likeness (QED) is 0.446. The largest absolute Gasteiger partial charge is 0.493 e. The van der Waals surface area contributed by atoms with Gasteiger partial charge in [-0.25, -0.2) is 0 Å². The minimum atomic E-state index is -0.280. The van der Waals surface area contributed by atoms with Crippen LogP contribution in [0, 0.1) is 5.92 Å². The van der Waals surface area contributed by atoms with Crippen molar-refractivity contribution in [1.29, 1.82) is 0 Å². The van der Waals surface area contributed by atoms with Gasteiger partial charge >= 0.3 is 0 Å².